The molecule has 2 aromatic heterocycles. The van der Waals surface area contributed by atoms with E-state index in [0.717, 1.165) is 48.8 Å². The molecule has 1 atom stereocenters. The van der Waals surface area contributed by atoms with Gasteiger partial charge in [0, 0.05) is 18.3 Å². The second kappa shape index (κ2) is 7.07. The Balaban J connectivity index is 1.71. The van der Waals surface area contributed by atoms with Crippen LogP contribution >= 0.6 is 11.3 Å². The summed E-state index contributed by atoms with van der Waals surface area (Å²) in [6.07, 6.45) is 3.95. The van der Waals surface area contributed by atoms with Gasteiger partial charge in [-0.2, -0.15) is 4.52 Å². The highest BCUT2D eigenvalue weighted by Gasteiger charge is 2.29. The van der Waals surface area contributed by atoms with E-state index >= 15 is 0 Å². The Morgan fingerprint density at radius 3 is 3.04 bits per heavy atom. The van der Waals surface area contributed by atoms with Crippen molar-refractivity contribution in [3.63, 3.8) is 0 Å². The van der Waals surface area contributed by atoms with Gasteiger partial charge in [-0.05, 0) is 37.0 Å². The largest absolute Gasteiger partial charge is 0.497 e. The first-order valence-electron chi connectivity index (χ1n) is 9.00. The fourth-order valence-electron chi connectivity index (χ4n) is 3.54. The minimum absolute atomic E-state index is 0.0990. The lowest BCUT2D eigenvalue weighted by atomic mass is 10.0. The monoisotopic (exact) mass is 370 g/mol. The van der Waals surface area contributed by atoms with Gasteiger partial charge in [-0.15, -0.1) is 5.10 Å². The molecule has 136 valence electrons. The highest BCUT2D eigenvalue weighted by molar-refractivity contribution is 7.20. The first-order chi connectivity index (χ1) is 12.7. The zero-order chi connectivity index (χ0) is 18.1. The number of methoxy groups -OCH3 is 1. The quantitative estimate of drug-likeness (QED) is 0.688. The summed E-state index contributed by atoms with van der Waals surface area (Å²) in [4.78, 5) is 19.9. The maximum Gasteiger partial charge on any atom is 0.275 e. The average molecular weight is 370 g/mol. The van der Waals surface area contributed by atoms with Crippen LogP contribution in [0.15, 0.2) is 35.1 Å². The molecule has 1 aliphatic rings. The topological polar surface area (TPSA) is 59.7 Å². The molecular formula is C19H22N4O2S. The minimum Gasteiger partial charge on any atom is -0.497 e. The van der Waals surface area contributed by atoms with Crippen molar-refractivity contribution < 1.29 is 4.74 Å². The van der Waals surface area contributed by atoms with Crippen LogP contribution < -0.4 is 15.2 Å². The van der Waals surface area contributed by atoms with Crippen molar-refractivity contribution in [1.29, 1.82) is 0 Å². The van der Waals surface area contributed by atoms with E-state index in [4.69, 9.17) is 4.74 Å². The van der Waals surface area contributed by atoms with Crippen LogP contribution in [0.1, 0.15) is 43.5 Å². The van der Waals surface area contributed by atoms with E-state index in [1.165, 1.54) is 21.4 Å². The van der Waals surface area contributed by atoms with Crippen LogP contribution in [0.4, 0.5) is 5.13 Å². The van der Waals surface area contributed by atoms with Crippen LogP contribution in [0.3, 0.4) is 0 Å². The summed E-state index contributed by atoms with van der Waals surface area (Å²) in [6.45, 7) is 3.02. The lowest BCUT2D eigenvalue weighted by Crippen LogP contribution is -2.23. The zero-order valence-electron chi connectivity index (χ0n) is 15.0. The minimum atomic E-state index is -0.0990. The number of hydrogen-bond acceptors (Lipinski definition) is 6. The van der Waals surface area contributed by atoms with Gasteiger partial charge in [0.25, 0.3) is 5.56 Å². The number of hydrogen-bond donors (Lipinski definition) is 0. The third-order valence-electron chi connectivity index (χ3n) is 4.77. The number of anilines is 1. The van der Waals surface area contributed by atoms with Crippen molar-refractivity contribution in [3.8, 4) is 5.75 Å². The van der Waals surface area contributed by atoms with E-state index in [1.807, 2.05) is 12.1 Å². The van der Waals surface area contributed by atoms with Gasteiger partial charge in [0.05, 0.1) is 13.2 Å². The number of ether oxygens (including phenoxy) is 1. The number of nitrogens with zero attached hydrogens (tertiary/aromatic N) is 4. The maximum atomic E-state index is 12.4. The molecule has 26 heavy (non-hydrogen) atoms. The summed E-state index contributed by atoms with van der Waals surface area (Å²) >= 11 is 1.49. The van der Waals surface area contributed by atoms with Gasteiger partial charge in [0.1, 0.15) is 5.75 Å². The van der Waals surface area contributed by atoms with Gasteiger partial charge in [0.2, 0.25) is 10.1 Å². The van der Waals surface area contributed by atoms with Gasteiger partial charge in [0.15, 0.2) is 0 Å². The number of fused-ring (bicyclic) bond motifs is 1. The second-order valence-corrected chi connectivity index (χ2v) is 7.48. The molecule has 0 bridgehead atoms. The second-order valence-electron chi connectivity index (χ2n) is 6.54. The third kappa shape index (κ3) is 3.07. The molecule has 1 saturated heterocycles. The molecular weight excluding hydrogens is 348 g/mol. The average Bonchev–Trinajstić information content (AvgIpc) is 3.29. The highest BCUT2D eigenvalue weighted by atomic mass is 32.1. The fraction of sp³-hybridized carbons (Fsp3) is 0.421. The molecule has 4 rings (SSSR count). The zero-order valence-corrected chi connectivity index (χ0v) is 15.8. The smallest absolute Gasteiger partial charge is 0.275 e. The summed E-state index contributed by atoms with van der Waals surface area (Å²) in [5.41, 5.74) is 1.96. The molecule has 0 amide bonds. The van der Waals surface area contributed by atoms with E-state index < -0.39 is 0 Å². The first kappa shape index (κ1) is 17.0. The van der Waals surface area contributed by atoms with E-state index in [0.29, 0.717) is 4.96 Å². The Morgan fingerprint density at radius 2 is 2.23 bits per heavy atom. The van der Waals surface area contributed by atoms with Crippen LogP contribution in [0, 0.1) is 0 Å². The van der Waals surface area contributed by atoms with Crippen molar-refractivity contribution in [2.75, 3.05) is 18.6 Å². The SMILES string of the molecule is CCCc1cc(=O)n2nc(N3CCCC3c3cccc(OC)c3)sc2n1. The molecule has 1 aliphatic heterocycles. The molecule has 3 heterocycles. The van der Waals surface area contributed by atoms with Crippen LogP contribution in [0.25, 0.3) is 4.96 Å². The lowest BCUT2D eigenvalue weighted by molar-refractivity contribution is 0.414. The molecule has 0 saturated carbocycles. The normalized spacial score (nSPS) is 17.2. The van der Waals surface area contributed by atoms with E-state index in [1.54, 1.807) is 13.2 Å². The van der Waals surface area contributed by atoms with Gasteiger partial charge in [-0.3, -0.25) is 4.79 Å². The number of benzene rings is 1. The number of aromatic nitrogens is 3. The molecule has 0 N–H and O–H groups in total. The van der Waals surface area contributed by atoms with Crippen molar-refractivity contribution in [2.45, 2.75) is 38.6 Å². The summed E-state index contributed by atoms with van der Waals surface area (Å²) in [5, 5.41) is 5.42. The molecule has 0 radical (unpaired) electrons. The first-order valence-corrected chi connectivity index (χ1v) is 9.81. The van der Waals surface area contributed by atoms with Crippen molar-refractivity contribution >= 4 is 21.4 Å². The van der Waals surface area contributed by atoms with E-state index in [-0.39, 0.29) is 11.6 Å². The van der Waals surface area contributed by atoms with Crippen LogP contribution in [-0.2, 0) is 6.42 Å². The standard InChI is InChI=1S/C19H22N4O2S/c1-3-6-14-12-17(24)23-18(20-14)26-19(21-23)22-10-5-9-16(22)13-7-4-8-15(11-13)25-2/h4,7-8,11-12,16H,3,5-6,9-10H2,1-2H3. The Labute approximate surface area is 156 Å². The van der Waals surface area contributed by atoms with Gasteiger partial charge >= 0.3 is 0 Å². The van der Waals surface area contributed by atoms with Crippen molar-refractivity contribution in [1.82, 2.24) is 14.6 Å². The predicted octanol–water partition coefficient (Wildman–Crippen LogP) is 3.45. The summed E-state index contributed by atoms with van der Waals surface area (Å²) in [7, 11) is 1.69. The Bertz CT molecular complexity index is 981. The molecule has 7 heteroatoms. The predicted molar refractivity (Wildman–Crippen MR) is 103 cm³/mol. The van der Waals surface area contributed by atoms with E-state index in [2.05, 4.69) is 34.0 Å². The Kier molecular flexibility index (Phi) is 4.63. The summed E-state index contributed by atoms with van der Waals surface area (Å²) in [6, 6.07) is 10.0. The molecule has 0 aliphatic carbocycles. The summed E-state index contributed by atoms with van der Waals surface area (Å²) in [5.74, 6) is 0.862. The fourth-order valence-corrected chi connectivity index (χ4v) is 4.54. The van der Waals surface area contributed by atoms with Gasteiger partial charge in [-0.1, -0.05) is 36.8 Å². The molecule has 1 aromatic carbocycles. The molecule has 1 fully saturated rings. The molecule has 6 nitrogen and oxygen atoms in total. The third-order valence-corrected chi connectivity index (χ3v) is 5.72. The number of aryl methyl sites for hydroxylation is 1. The Hall–Kier alpha value is -2.41. The van der Waals surface area contributed by atoms with Crippen LogP contribution in [0.2, 0.25) is 0 Å². The molecule has 3 aromatic rings. The van der Waals surface area contributed by atoms with Gasteiger partial charge < -0.3 is 9.64 Å². The molecule has 0 spiro atoms. The van der Waals surface area contributed by atoms with Crippen LogP contribution in [0.5, 0.6) is 5.75 Å². The maximum absolute atomic E-state index is 12.4. The van der Waals surface area contributed by atoms with Crippen molar-refractivity contribution in [2.24, 2.45) is 0 Å². The van der Waals surface area contributed by atoms with Gasteiger partial charge in [-0.25, -0.2) is 4.98 Å². The lowest BCUT2D eigenvalue weighted by Gasteiger charge is -2.24. The van der Waals surface area contributed by atoms with Crippen LogP contribution in [-0.4, -0.2) is 28.3 Å². The molecule has 1 unspecified atom stereocenters. The highest BCUT2D eigenvalue weighted by Crippen LogP contribution is 2.38. The Morgan fingerprint density at radius 1 is 1.35 bits per heavy atom. The van der Waals surface area contributed by atoms with Crippen molar-refractivity contribution in [3.05, 3.63) is 51.9 Å². The number of rotatable bonds is 5. The van der Waals surface area contributed by atoms with E-state index in [9.17, 15) is 4.79 Å². The summed E-state index contributed by atoms with van der Waals surface area (Å²) < 4.78 is 6.80.